The van der Waals surface area contributed by atoms with Crippen LogP contribution in [0.1, 0.15) is 22.3 Å². The molecule has 0 aliphatic carbocycles. The van der Waals surface area contributed by atoms with Crippen LogP contribution in [0.3, 0.4) is 0 Å². The molecule has 0 bridgehead atoms. The number of aromatic nitrogens is 1. The number of nitrogens with one attached hydrogen (secondary N) is 2. The Morgan fingerprint density at radius 1 is 1.14 bits per heavy atom. The maximum atomic E-state index is 12.2. The summed E-state index contributed by atoms with van der Waals surface area (Å²) >= 11 is 0. The zero-order valence-electron chi connectivity index (χ0n) is 14.9. The van der Waals surface area contributed by atoms with Crippen LogP contribution in [0.25, 0.3) is 11.6 Å². The molecule has 1 aliphatic heterocycles. The molecule has 2 heterocycles. The lowest BCUT2D eigenvalue weighted by Gasteiger charge is -2.05. The largest absolute Gasteiger partial charge is 0.398 e. The Morgan fingerprint density at radius 3 is 2.79 bits per heavy atom. The summed E-state index contributed by atoms with van der Waals surface area (Å²) in [4.78, 5) is 16.2. The molecule has 2 aromatic carbocycles. The molecule has 0 saturated heterocycles. The lowest BCUT2D eigenvalue weighted by molar-refractivity contribution is -0.110. The molecule has 5 nitrogen and oxygen atoms in total. The summed E-state index contributed by atoms with van der Waals surface area (Å²) in [6, 6.07) is 16.5. The minimum Gasteiger partial charge on any atom is -0.398 e. The van der Waals surface area contributed by atoms with E-state index >= 15 is 0 Å². The normalized spacial score (nSPS) is 13.4. The van der Waals surface area contributed by atoms with E-state index in [1.54, 1.807) is 36.7 Å². The van der Waals surface area contributed by atoms with E-state index in [0.717, 1.165) is 22.4 Å². The fourth-order valence-electron chi connectivity index (χ4n) is 2.99. The number of hydrogen-bond donors (Lipinski definition) is 3. The highest BCUT2D eigenvalue weighted by Crippen LogP contribution is 2.33. The molecule has 0 unspecified atom stereocenters. The van der Waals surface area contributed by atoms with Gasteiger partial charge in [-0.3, -0.25) is 15.2 Å². The monoisotopic (exact) mass is 364 g/mol. The van der Waals surface area contributed by atoms with Crippen LogP contribution < -0.4 is 11.1 Å². The second-order valence-corrected chi connectivity index (χ2v) is 6.27. The average Bonchev–Trinajstić information content (AvgIpc) is 3.02. The molecule has 28 heavy (non-hydrogen) atoms. The number of benzene rings is 2. The summed E-state index contributed by atoms with van der Waals surface area (Å²) in [5.74, 6) is 5.57. The molecule has 0 saturated carbocycles. The molecule has 1 aromatic heterocycles. The number of carbonyl (C=O) groups is 1. The number of amides is 1. The van der Waals surface area contributed by atoms with Gasteiger partial charge in [0.2, 0.25) is 0 Å². The number of hydrogen-bond acceptors (Lipinski definition) is 4. The number of pyridine rings is 1. The van der Waals surface area contributed by atoms with Crippen LogP contribution in [0, 0.1) is 17.3 Å². The van der Waals surface area contributed by atoms with Crippen molar-refractivity contribution in [3.05, 3.63) is 89.2 Å². The summed E-state index contributed by atoms with van der Waals surface area (Å²) < 4.78 is 0. The van der Waals surface area contributed by atoms with Gasteiger partial charge >= 0.3 is 0 Å². The van der Waals surface area contributed by atoms with Crippen molar-refractivity contribution in [1.29, 1.82) is 5.41 Å². The van der Waals surface area contributed by atoms with Crippen molar-refractivity contribution < 1.29 is 4.79 Å². The Hall–Kier alpha value is -4.17. The zero-order chi connectivity index (χ0) is 19.5. The van der Waals surface area contributed by atoms with Crippen molar-refractivity contribution in [3.63, 3.8) is 0 Å². The molecular weight excluding hydrogens is 348 g/mol. The van der Waals surface area contributed by atoms with E-state index in [2.05, 4.69) is 22.1 Å². The molecule has 1 aliphatic rings. The van der Waals surface area contributed by atoms with Gasteiger partial charge in [-0.1, -0.05) is 30.2 Å². The van der Waals surface area contributed by atoms with E-state index < -0.39 is 0 Å². The second-order valence-electron chi connectivity index (χ2n) is 6.27. The SMILES string of the molecule is N=C(C#Cc1cccnc1)c1ccc(/C=C2/C(=O)Nc3ccccc32)cc1N. The third kappa shape index (κ3) is 3.39. The number of fused-ring (bicyclic) bond motifs is 1. The number of carbonyl (C=O) groups excluding carboxylic acids is 1. The van der Waals surface area contributed by atoms with Crippen LogP contribution in [0.4, 0.5) is 11.4 Å². The van der Waals surface area contributed by atoms with Gasteiger partial charge in [0.15, 0.2) is 0 Å². The molecule has 0 atom stereocenters. The minimum atomic E-state index is -0.140. The molecule has 134 valence electrons. The Kier molecular flexibility index (Phi) is 4.45. The zero-order valence-corrected chi connectivity index (χ0v) is 14.9. The quantitative estimate of drug-likeness (QED) is 0.281. The van der Waals surface area contributed by atoms with Crippen LogP contribution in [0.5, 0.6) is 0 Å². The molecule has 0 radical (unpaired) electrons. The van der Waals surface area contributed by atoms with Gasteiger partial charge in [0.05, 0.1) is 0 Å². The lowest BCUT2D eigenvalue weighted by atomic mass is 10.0. The maximum absolute atomic E-state index is 12.2. The Balaban J connectivity index is 1.61. The van der Waals surface area contributed by atoms with E-state index in [9.17, 15) is 4.79 Å². The van der Waals surface area contributed by atoms with Gasteiger partial charge in [-0.15, -0.1) is 0 Å². The third-order valence-electron chi connectivity index (χ3n) is 4.36. The number of rotatable bonds is 2. The van der Waals surface area contributed by atoms with Gasteiger partial charge in [-0.2, -0.15) is 0 Å². The summed E-state index contributed by atoms with van der Waals surface area (Å²) in [6.07, 6.45) is 5.11. The summed E-state index contributed by atoms with van der Waals surface area (Å²) in [6.45, 7) is 0. The van der Waals surface area contributed by atoms with Crippen LogP contribution in [0.2, 0.25) is 0 Å². The van der Waals surface area contributed by atoms with Crippen molar-refractivity contribution >= 4 is 34.6 Å². The molecule has 4 N–H and O–H groups in total. The van der Waals surface area contributed by atoms with E-state index in [-0.39, 0.29) is 11.6 Å². The van der Waals surface area contributed by atoms with E-state index in [1.165, 1.54) is 0 Å². The summed E-state index contributed by atoms with van der Waals surface area (Å²) in [5, 5.41) is 11.0. The van der Waals surface area contributed by atoms with E-state index in [1.807, 2.05) is 36.4 Å². The number of anilines is 2. The predicted molar refractivity (Wildman–Crippen MR) is 112 cm³/mol. The molecule has 0 spiro atoms. The molecule has 3 aromatic rings. The first kappa shape index (κ1) is 17.3. The number of nitrogen functional groups attached to an aromatic ring is 1. The van der Waals surface area contributed by atoms with Crippen LogP contribution in [-0.4, -0.2) is 16.6 Å². The molecule has 1 amide bonds. The Bertz CT molecular complexity index is 1180. The fourth-order valence-corrected chi connectivity index (χ4v) is 2.99. The number of para-hydroxylation sites is 1. The van der Waals surface area contributed by atoms with Gasteiger partial charge < -0.3 is 11.1 Å². The smallest absolute Gasteiger partial charge is 0.256 e. The topological polar surface area (TPSA) is 91.9 Å². The van der Waals surface area contributed by atoms with Crippen LogP contribution in [0.15, 0.2) is 67.0 Å². The van der Waals surface area contributed by atoms with Gasteiger partial charge in [0, 0.05) is 46.0 Å². The highest BCUT2D eigenvalue weighted by molar-refractivity contribution is 6.35. The highest BCUT2D eigenvalue weighted by atomic mass is 16.2. The highest BCUT2D eigenvalue weighted by Gasteiger charge is 2.23. The fraction of sp³-hybridized carbons (Fsp3) is 0. The van der Waals surface area contributed by atoms with Crippen molar-refractivity contribution in [1.82, 2.24) is 4.98 Å². The predicted octanol–water partition coefficient (Wildman–Crippen LogP) is 3.58. The van der Waals surface area contributed by atoms with E-state index in [4.69, 9.17) is 11.1 Å². The maximum Gasteiger partial charge on any atom is 0.256 e. The lowest BCUT2D eigenvalue weighted by Crippen LogP contribution is -2.04. The first-order valence-corrected chi connectivity index (χ1v) is 8.65. The Morgan fingerprint density at radius 2 is 2.00 bits per heavy atom. The summed E-state index contributed by atoms with van der Waals surface area (Å²) in [7, 11) is 0. The first-order chi connectivity index (χ1) is 13.6. The molecule has 0 fully saturated rings. The van der Waals surface area contributed by atoms with Crippen LogP contribution in [-0.2, 0) is 4.79 Å². The molecule has 4 rings (SSSR count). The van der Waals surface area contributed by atoms with Crippen molar-refractivity contribution in [3.8, 4) is 11.8 Å². The average molecular weight is 364 g/mol. The molecular formula is C23H16N4O. The van der Waals surface area contributed by atoms with Gasteiger partial charge in [-0.25, -0.2) is 0 Å². The van der Waals surface area contributed by atoms with Crippen molar-refractivity contribution in [2.75, 3.05) is 11.1 Å². The molecule has 5 heteroatoms. The summed E-state index contributed by atoms with van der Waals surface area (Å²) in [5.41, 5.74) is 11.0. The number of nitrogens with zero attached hydrogens (tertiary/aromatic N) is 1. The van der Waals surface area contributed by atoms with Gasteiger partial charge in [0.1, 0.15) is 5.71 Å². The first-order valence-electron chi connectivity index (χ1n) is 8.65. The minimum absolute atomic E-state index is 0.129. The van der Waals surface area contributed by atoms with Crippen molar-refractivity contribution in [2.45, 2.75) is 0 Å². The second kappa shape index (κ2) is 7.22. The van der Waals surface area contributed by atoms with E-state index in [0.29, 0.717) is 16.8 Å². The Labute approximate surface area is 162 Å². The standard InChI is InChI=1S/C23H16N4O/c24-20(10-8-15-4-3-11-26-14-15)18-9-7-16(13-21(18)25)12-19-17-5-1-2-6-22(17)27-23(19)28/h1-7,9,11-14,24H,25H2,(H,27,28)/b19-12+,24-20?. The van der Waals surface area contributed by atoms with Gasteiger partial charge in [-0.05, 0) is 47.9 Å². The van der Waals surface area contributed by atoms with Crippen molar-refractivity contribution in [2.24, 2.45) is 0 Å². The third-order valence-corrected chi connectivity index (χ3v) is 4.36. The number of nitrogens with two attached hydrogens (primary N) is 1. The van der Waals surface area contributed by atoms with Crippen LogP contribution >= 0.6 is 0 Å². The van der Waals surface area contributed by atoms with Gasteiger partial charge in [0.25, 0.3) is 5.91 Å².